The minimum atomic E-state index is -0.608. The van der Waals surface area contributed by atoms with Gasteiger partial charge >= 0.3 is 5.97 Å². The van der Waals surface area contributed by atoms with Crippen molar-refractivity contribution in [3.8, 4) is 0 Å². The van der Waals surface area contributed by atoms with Crippen LogP contribution in [-0.4, -0.2) is 38.8 Å². The summed E-state index contributed by atoms with van der Waals surface area (Å²) in [4.78, 5) is 11.3. The molecule has 0 aromatic heterocycles. The Morgan fingerprint density at radius 2 is 2.26 bits per heavy atom. The number of carbonyl (C=O) groups is 1. The number of esters is 1. The SMILES string of the molecule is COC(=O)[C@@H](N)Cc1ccc(C2CNCCO2)cc1. The molecule has 1 aliphatic rings. The van der Waals surface area contributed by atoms with Crippen molar-refractivity contribution in [3.63, 3.8) is 0 Å². The largest absolute Gasteiger partial charge is 0.468 e. The third kappa shape index (κ3) is 3.76. The van der Waals surface area contributed by atoms with Crippen molar-refractivity contribution in [2.75, 3.05) is 26.8 Å². The highest BCUT2D eigenvalue weighted by atomic mass is 16.5. The van der Waals surface area contributed by atoms with E-state index in [9.17, 15) is 4.79 Å². The van der Waals surface area contributed by atoms with Crippen LogP contribution in [0.4, 0.5) is 0 Å². The molecule has 0 saturated carbocycles. The Morgan fingerprint density at radius 3 is 2.84 bits per heavy atom. The topological polar surface area (TPSA) is 73.6 Å². The van der Waals surface area contributed by atoms with E-state index < -0.39 is 6.04 Å². The van der Waals surface area contributed by atoms with Crippen LogP contribution in [0.25, 0.3) is 0 Å². The highest BCUT2D eigenvalue weighted by molar-refractivity contribution is 5.75. The molecule has 0 spiro atoms. The lowest BCUT2D eigenvalue weighted by molar-refractivity contribution is -0.142. The fourth-order valence-electron chi connectivity index (χ4n) is 2.14. The second-order valence-corrected chi connectivity index (χ2v) is 4.64. The van der Waals surface area contributed by atoms with Crippen molar-refractivity contribution in [2.24, 2.45) is 5.73 Å². The molecular weight excluding hydrogens is 244 g/mol. The summed E-state index contributed by atoms with van der Waals surface area (Å²) in [6, 6.07) is 7.41. The number of carbonyl (C=O) groups excluding carboxylic acids is 1. The third-order valence-electron chi connectivity index (χ3n) is 3.24. The van der Waals surface area contributed by atoms with Crippen LogP contribution in [0.3, 0.4) is 0 Å². The first-order chi connectivity index (χ1) is 9.20. The number of rotatable bonds is 4. The van der Waals surface area contributed by atoms with Crippen LogP contribution in [0.2, 0.25) is 0 Å². The van der Waals surface area contributed by atoms with E-state index in [1.807, 2.05) is 24.3 Å². The first kappa shape index (κ1) is 14.0. The molecule has 0 aliphatic carbocycles. The molecular formula is C14H20N2O3. The van der Waals surface area contributed by atoms with E-state index in [4.69, 9.17) is 10.5 Å². The van der Waals surface area contributed by atoms with E-state index in [0.29, 0.717) is 6.42 Å². The summed E-state index contributed by atoms with van der Waals surface area (Å²) in [5, 5.41) is 3.30. The molecule has 2 atom stereocenters. The molecule has 0 bridgehead atoms. The van der Waals surface area contributed by atoms with Crippen molar-refractivity contribution in [3.05, 3.63) is 35.4 Å². The van der Waals surface area contributed by atoms with Crippen LogP contribution in [0.1, 0.15) is 17.2 Å². The predicted molar refractivity (Wildman–Crippen MR) is 71.7 cm³/mol. The zero-order chi connectivity index (χ0) is 13.7. The average molecular weight is 264 g/mol. The minimum Gasteiger partial charge on any atom is -0.468 e. The maximum Gasteiger partial charge on any atom is 0.322 e. The summed E-state index contributed by atoms with van der Waals surface area (Å²) in [7, 11) is 1.35. The molecule has 0 radical (unpaired) electrons. The highest BCUT2D eigenvalue weighted by Gasteiger charge is 2.17. The summed E-state index contributed by atoms with van der Waals surface area (Å²) >= 11 is 0. The van der Waals surface area contributed by atoms with E-state index in [0.717, 1.165) is 30.8 Å². The Bertz CT molecular complexity index is 413. The molecule has 19 heavy (non-hydrogen) atoms. The molecule has 1 aromatic rings. The normalized spacial score (nSPS) is 20.8. The van der Waals surface area contributed by atoms with Crippen molar-refractivity contribution in [2.45, 2.75) is 18.6 Å². The van der Waals surface area contributed by atoms with Gasteiger partial charge in [-0.05, 0) is 17.5 Å². The smallest absolute Gasteiger partial charge is 0.322 e. The molecule has 5 heteroatoms. The first-order valence-corrected chi connectivity index (χ1v) is 6.45. The van der Waals surface area contributed by atoms with Crippen molar-refractivity contribution < 1.29 is 14.3 Å². The standard InChI is InChI=1S/C14H20N2O3/c1-18-14(17)12(15)8-10-2-4-11(5-3-10)13-9-16-6-7-19-13/h2-5,12-13,16H,6-9,15H2,1H3/t12-,13?/m0/s1. The molecule has 1 saturated heterocycles. The number of benzene rings is 1. The third-order valence-corrected chi connectivity index (χ3v) is 3.24. The van der Waals surface area contributed by atoms with Crippen LogP contribution >= 0.6 is 0 Å². The Morgan fingerprint density at radius 1 is 1.53 bits per heavy atom. The highest BCUT2D eigenvalue weighted by Crippen LogP contribution is 2.19. The van der Waals surface area contributed by atoms with Crippen LogP contribution in [0, 0.1) is 0 Å². The molecule has 0 amide bonds. The van der Waals surface area contributed by atoms with Gasteiger partial charge in [0.15, 0.2) is 0 Å². The zero-order valence-electron chi connectivity index (χ0n) is 11.1. The molecule has 5 nitrogen and oxygen atoms in total. The van der Waals surface area contributed by atoms with Crippen LogP contribution in [0.5, 0.6) is 0 Å². The summed E-state index contributed by atoms with van der Waals surface area (Å²) in [5.74, 6) is -0.385. The monoisotopic (exact) mass is 264 g/mol. The van der Waals surface area contributed by atoms with Crippen molar-refractivity contribution in [1.29, 1.82) is 0 Å². The van der Waals surface area contributed by atoms with E-state index in [-0.39, 0.29) is 12.1 Å². The summed E-state index contributed by atoms with van der Waals surface area (Å²) in [6.45, 7) is 2.48. The maximum absolute atomic E-state index is 11.3. The minimum absolute atomic E-state index is 0.108. The van der Waals surface area contributed by atoms with Gasteiger partial charge in [0, 0.05) is 13.1 Å². The lowest BCUT2D eigenvalue weighted by Gasteiger charge is -2.24. The van der Waals surface area contributed by atoms with Gasteiger partial charge < -0.3 is 20.5 Å². The molecule has 1 heterocycles. The molecule has 3 N–H and O–H groups in total. The Hall–Kier alpha value is -1.43. The second kappa shape index (κ2) is 6.65. The van der Waals surface area contributed by atoms with Gasteiger partial charge in [-0.3, -0.25) is 4.79 Å². The average Bonchev–Trinajstić information content (AvgIpc) is 2.48. The summed E-state index contributed by atoms with van der Waals surface area (Å²) < 4.78 is 10.3. The number of hydrogen-bond acceptors (Lipinski definition) is 5. The lowest BCUT2D eigenvalue weighted by atomic mass is 10.0. The molecule has 1 unspecified atom stereocenters. The summed E-state index contributed by atoms with van der Waals surface area (Å²) in [6.07, 6.45) is 0.591. The van der Waals surface area contributed by atoms with Gasteiger partial charge in [-0.2, -0.15) is 0 Å². The van der Waals surface area contributed by atoms with Crippen LogP contribution < -0.4 is 11.1 Å². The number of nitrogens with two attached hydrogens (primary N) is 1. The van der Waals surface area contributed by atoms with Crippen LogP contribution in [-0.2, 0) is 20.7 Å². The van der Waals surface area contributed by atoms with Gasteiger partial charge in [-0.15, -0.1) is 0 Å². The van der Waals surface area contributed by atoms with Gasteiger partial charge in [0.2, 0.25) is 0 Å². The van der Waals surface area contributed by atoms with Gasteiger partial charge in [-0.1, -0.05) is 24.3 Å². The van der Waals surface area contributed by atoms with Gasteiger partial charge in [-0.25, -0.2) is 0 Å². The molecule has 104 valence electrons. The molecule has 1 aromatic carbocycles. The van der Waals surface area contributed by atoms with Gasteiger partial charge in [0.05, 0.1) is 19.8 Å². The Kier molecular flexibility index (Phi) is 4.90. The van der Waals surface area contributed by atoms with Gasteiger partial charge in [0.25, 0.3) is 0 Å². The van der Waals surface area contributed by atoms with Gasteiger partial charge in [0.1, 0.15) is 6.04 Å². The summed E-state index contributed by atoms with van der Waals surface area (Å²) in [5.41, 5.74) is 7.89. The Labute approximate surface area is 113 Å². The number of morpholine rings is 1. The lowest BCUT2D eigenvalue weighted by Crippen LogP contribution is -2.34. The predicted octanol–water partition coefficient (Wildman–Crippen LogP) is 0.390. The molecule has 2 rings (SSSR count). The fraction of sp³-hybridized carbons (Fsp3) is 0.500. The van der Waals surface area contributed by atoms with Crippen molar-refractivity contribution >= 4 is 5.97 Å². The van der Waals surface area contributed by atoms with Crippen LogP contribution in [0.15, 0.2) is 24.3 Å². The molecule has 1 aliphatic heterocycles. The van der Waals surface area contributed by atoms with E-state index >= 15 is 0 Å². The van der Waals surface area contributed by atoms with E-state index in [1.165, 1.54) is 7.11 Å². The van der Waals surface area contributed by atoms with E-state index in [2.05, 4.69) is 10.1 Å². The van der Waals surface area contributed by atoms with E-state index in [1.54, 1.807) is 0 Å². The molecule has 1 fully saturated rings. The maximum atomic E-state index is 11.3. The number of ether oxygens (including phenoxy) is 2. The second-order valence-electron chi connectivity index (χ2n) is 4.64. The Balaban J connectivity index is 1.96. The quantitative estimate of drug-likeness (QED) is 0.770. The number of nitrogens with one attached hydrogen (secondary N) is 1. The van der Waals surface area contributed by atoms with Crippen molar-refractivity contribution in [1.82, 2.24) is 5.32 Å². The zero-order valence-corrected chi connectivity index (χ0v) is 11.1. The number of methoxy groups -OCH3 is 1. The fourth-order valence-corrected chi connectivity index (χ4v) is 2.14. The first-order valence-electron chi connectivity index (χ1n) is 6.45. The number of hydrogen-bond donors (Lipinski definition) is 2.